The van der Waals surface area contributed by atoms with E-state index >= 15 is 0 Å². The van der Waals surface area contributed by atoms with E-state index < -0.39 is 0 Å². The van der Waals surface area contributed by atoms with Crippen molar-refractivity contribution in [3.05, 3.63) is 276 Å². The molecule has 0 amide bonds. The molecule has 0 heterocycles. The standard InChI is InChI=1S/C60H42/c1-3-13-53(14-4-1)59(57-23-11-19-51-17-7-9-21-55(51)57)41-43-25-29-45(30-26-43)47-33-37-49(38-34-47)50-39-35-48(36-40-50)46-31-27-44(28-32-46)42-60(54-15-5-2-6-16-54)58-24-12-20-52-18-8-10-22-56(52)58/h1-42H/b59-41+,60-42+. The van der Waals surface area contributed by atoms with Gasteiger partial charge in [-0.05, 0) is 112 Å². The number of fused-ring (bicyclic) bond motifs is 2. The largest absolute Gasteiger partial charge is 0.0622 e. The van der Waals surface area contributed by atoms with Crippen molar-refractivity contribution in [3.8, 4) is 33.4 Å². The average Bonchev–Trinajstić information content (AvgIpc) is 3.33. The number of hydrogen-bond acceptors (Lipinski definition) is 0. The minimum absolute atomic E-state index is 1.17. The summed E-state index contributed by atoms with van der Waals surface area (Å²) in [5, 5.41) is 5.01. The zero-order valence-electron chi connectivity index (χ0n) is 33.2. The molecule has 0 saturated heterocycles. The van der Waals surface area contributed by atoms with Gasteiger partial charge in [-0.3, -0.25) is 0 Å². The van der Waals surface area contributed by atoms with E-state index in [1.54, 1.807) is 0 Å². The summed E-state index contributed by atoms with van der Waals surface area (Å²) in [5.74, 6) is 0. The lowest BCUT2D eigenvalue weighted by atomic mass is 9.91. The van der Waals surface area contributed by atoms with E-state index in [0.717, 1.165) is 0 Å². The maximum absolute atomic E-state index is 2.31. The van der Waals surface area contributed by atoms with E-state index in [1.807, 2.05) is 0 Å². The molecule has 0 radical (unpaired) electrons. The fourth-order valence-electron chi connectivity index (χ4n) is 8.38. The third kappa shape index (κ3) is 7.63. The molecule has 0 spiro atoms. The first-order chi connectivity index (χ1) is 29.7. The van der Waals surface area contributed by atoms with Gasteiger partial charge in [-0.2, -0.15) is 0 Å². The molecule has 0 atom stereocenters. The molecule has 0 N–H and O–H groups in total. The predicted molar refractivity (Wildman–Crippen MR) is 257 cm³/mol. The topological polar surface area (TPSA) is 0 Å². The van der Waals surface area contributed by atoms with E-state index in [-0.39, 0.29) is 0 Å². The first-order valence-electron chi connectivity index (χ1n) is 20.7. The summed E-state index contributed by atoms with van der Waals surface area (Å²) in [6.07, 6.45) is 4.63. The van der Waals surface area contributed by atoms with Crippen molar-refractivity contribution in [3.63, 3.8) is 0 Å². The molecule has 282 valence electrons. The van der Waals surface area contributed by atoms with Crippen LogP contribution in [0.5, 0.6) is 0 Å². The molecule has 10 rings (SSSR count). The highest BCUT2D eigenvalue weighted by Gasteiger charge is 2.12. The van der Waals surface area contributed by atoms with Gasteiger partial charge in [0.1, 0.15) is 0 Å². The van der Waals surface area contributed by atoms with Crippen LogP contribution in [0, 0.1) is 0 Å². The van der Waals surface area contributed by atoms with E-state index in [4.69, 9.17) is 0 Å². The lowest BCUT2D eigenvalue weighted by Gasteiger charge is -2.13. The Bertz CT molecular complexity index is 2890. The fraction of sp³-hybridized carbons (Fsp3) is 0. The summed E-state index contributed by atoms with van der Waals surface area (Å²) in [4.78, 5) is 0. The molecule has 0 bridgehead atoms. The minimum Gasteiger partial charge on any atom is -0.0622 e. The Labute approximate surface area is 352 Å². The second-order valence-corrected chi connectivity index (χ2v) is 15.3. The fourth-order valence-corrected chi connectivity index (χ4v) is 8.38. The van der Waals surface area contributed by atoms with E-state index in [9.17, 15) is 0 Å². The number of rotatable bonds is 9. The van der Waals surface area contributed by atoms with Gasteiger partial charge in [0.15, 0.2) is 0 Å². The highest BCUT2D eigenvalue weighted by molar-refractivity contribution is 6.04. The van der Waals surface area contributed by atoms with Gasteiger partial charge >= 0.3 is 0 Å². The lowest BCUT2D eigenvalue weighted by Crippen LogP contribution is -1.90. The summed E-state index contributed by atoms with van der Waals surface area (Å²) in [5.41, 5.74) is 16.9. The zero-order valence-corrected chi connectivity index (χ0v) is 33.2. The summed E-state index contributed by atoms with van der Waals surface area (Å²) in [6, 6.07) is 87.5. The molecular formula is C60H42. The smallest absolute Gasteiger partial charge is 0.00992 e. The van der Waals surface area contributed by atoms with Gasteiger partial charge in [0.2, 0.25) is 0 Å². The monoisotopic (exact) mass is 762 g/mol. The average molecular weight is 763 g/mol. The minimum atomic E-state index is 1.17. The van der Waals surface area contributed by atoms with Crippen molar-refractivity contribution in [2.75, 3.05) is 0 Å². The van der Waals surface area contributed by atoms with E-state index in [0.29, 0.717) is 0 Å². The molecule has 0 saturated carbocycles. The maximum atomic E-state index is 2.31. The van der Waals surface area contributed by atoms with Crippen molar-refractivity contribution < 1.29 is 0 Å². The van der Waals surface area contributed by atoms with Gasteiger partial charge in [-0.15, -0.1) is 0 Å². The lowest BCUT2D eigenvalue weighted by molar-refractivity contribution is 1.56. The van der Waals surface area contributed by atoms with E-state index in [2.05, 4.69) is 255 Å². The van der Waals surface area contributed by atoms with Crippen LogP contribution in [-0.4, -0.2) is 0 Å². The normalized spacial score (nSPS) is 11.9. The molecule has 0 aliphatic carbocycles. The first-order valence-corrected chi connectivity index (χ1v) is 20.7. The highest BCUT2D eigenvalue weighted by Crippen LogP contribution is 2.35. The van der Waals surface area contributed by atoms with Gasteiger partial charge < -0.3 is 0 Å². The second-order valence-electron chi connectivity index (χ2n) is 15.3. The van der Waals surface area contributed by atoms with E-state index in [1.165, 1.54) is 99.5 Å². The molecule has 60 heavy (non-hydrogen) atoms. The molecule has 10 aromatic carbocycles. The molecule has 10 aromatic rings. The Hall–Kier alpha value is -7.80. The van der Waals surface area contributed by atoms with Gasteiger partial charge in [0.25, 0.3) is 0 Å². The van der Waals surface area contributed by atoms with Crippen molar-refractivity contribution in [1.82, 2.24) is 0 Å². The van der Waals surface area contributed by atoms with Crippen LogP contribution in [-0.2, 0) is 0 Å². The first kappa shape index (κ1) is 36.5. The maximum Gasteiger partial charge on any atom is -0.00992 e. The van der Waals surface area contributed by atoms with Crippen LogP contribution in [0.2, 0.25) is 0 Å². The van der Waals surface area contributed by atoms with Gasteiger partial charge in [0, 0.05) is 0 Å². The molecule has 0 fully saturated rings. The summed E-state index contributed by atoms with van der Waals surface area (Å²) >= 11 is 0. The number of hydrogen-bond donors (Lipinski definition) is 0. The van der Waals surface area contributed by atoms with Crippen LogP contribution < -0.4 is 0 Å². The Morgan fingerprint density at radius 2 is 0.517 bits per heavy atom. The van der Waals surface area contributed by atoms with Gasteiger partial charge in [-0.25, -0.2) is 0 Å². The summed E-state index contributed by atoms with van der Waals surface area (Å²) in [6.45, 7) is 0. The van der Waals surface area contributed by atoms with Gasteiger partial charge in [0.05, 0.1) is 0 Å². The van der Waals surface area contributed by atoms with Crippen LogP contribution in [0.3, 0.4) is 0 Å². The van der Waals surface area contributed by atoms with Crippen LogP contribution in [0.4, 0.5) is 0 Å². The van der Waals surface area contributed by atoms with Crippen LogP contribution in [0.25, 0.3) is 78.2 Å². The SMILES string of the molecule is C(=C(/c1ccccc1)c1cccc2ccccc12)/c1ccc(-c2ccc(-c3ccc(-c4ccc(/C=C(\c5ccccc5)c5cccc6ccccc56)cc4)cc3)cc2)cc1. The van der Waals surface area contributed by atoms with Crippen LogP contribution in [0.1, 0.15) is 33.4 Å². The number of benzene rings is 10. The van der Waals surface area contributed by atoms with Crippen molar-refractivity contribution in [2.24, 2.45) is 0 Å². The van der Waals surface area contributed by atoms with Crippen molar-refractivity contribution in [2.45, 2.75) is 0 Å². The summed E-state index contributed by atoms with van der Waals surface area (Å²) < 4.78 is 0. The molecule has 0 heteroatoms. The Kier molecular flexibility index (Phi) is 10.1. The zero-order chi connectivity index (χ0) is 40.1. The predicted octanol–water partition coefficient (Wildman–Crippen LogP) is 16.2. The molecule has 0 unspecified atom stereocenters. The van der Waals surface area contributed by atoms with Crippen molar-refractivity contribution >= 4 is 44.8 Å². The third-order valence-electron chi connectivity index (χ3n) is 11.5. The molecule has 0 aliphatic rings. The summed E-state index contributed by atoms with van der Waals surface area (Å²) in [7, 11) is 0. The van der Waals surface area contributed by atoms with Crippen LogP contribution in [0.15, 0.2) is 243 Å². The molecule has 0 nitrogen and oxygen atoms in total. The Balaban J connectivity index is 0.866. The molecular weight excluding hydrogens is 721 g/mol. The van der Waals surface area contributed by atoms with Crippen LogP contribution >= 0.6 is 0 Å². The van der Waals surface area contributed by atoms with Crippen molar-refractivity contribution in [1.29, 1.82) is 0 Å². The quantitative estimate of drug-likeness (QED) is 0.129. The Morgan fingerprint density at radius 1 is 0.233 bits per heavy atom. The third-order valence-corrected chi connectivity index (χ3v) is 11.5. The highest BCUT2D eigenvalue weighted by atomic mass is 14.2. The van der Waals surface area contributed by atoms with Gasteiger partial charge in [-0.1, -0.05) is 243 Å². The molecule has 0 aromatic heterocycles. The molecule has 0 aliphatic heterocycles. The Morgan fingerprint density at radius 3 is 0.867 bits per heavy atom. The second kappa shape index (κ2) is 16.6.